The molecule has 0 spiro atoms. The molecule has 0 saturated carbocycles. The van der Waals surface area contributed by atoms with E-state index < -0.39 is 5.91 Å². The van der Waals surface area contributed by atoms with E-state index in [4.69, 9.17) is 10.1 Å². The monoisotopic (exact) mass is 473 g/mol. The van der Waals surface area contributed by atoms with Crippen molar-refractivity contribution in [2.45, 2.75) is 13.8 Å². The van der Waals surface area contributed by atoms with Crippen molar-refractivity contribution in [3.05, 3.63) is 88.5 Å². The van der Waals surface area contributed by atoms with Crippen molar-refractivity contribution < 1.29 is 13.9 Å². The summed E-state index contributed by atoms with van der Waals surface area (Å²) in [5.41, 5.74) is 4.55. The van der Waals surface area contributed by atoms with Crippen molar-refractivity contribution in [1.29, 1.82) is 5.41 Å². The molecular weight excluding hydrogens is 453 g/mol. The second-order valence-electron chi connectivity index (χ2n) is 7.79. The first-order valence-corrected chi connectivity index (χ1v) is 11.3. The Morgan fingerprint density at radius 3 is 2.47 bits per heavy atom. The Morgan fingerprint density at radius 2 is 1.79 bits per heavy atom. The number of fused-ring (bicyclic) bond motifs is 1. The van der Waals surface area contributed by atoms with Gasteiger partial charge in [-0.15, -0.1) is 0 Å². The molecule has 2 aliphatic heterocycles. The molecule has 3 aromatic rings. The number of rotatable bonds is 4. The highest BCUT2D eigenvalue weighted by Crippen LogP contribution is 2.32. The number of nitrogens with zero attached hydrogens (tertiary/aromatic N) is 4. The lowest BCUT2D eigenvalue weighted by Crippen LogP contribution is -2.35. The molecule has 2 aromatic carbocycles. The maximum absolute atomic E-state index is 13.3. The lowest BCUT2D eigenvalue weighted by Gasteiger charge is -2.20. The van der Waals surface area contributed by atoms with Crippen LogP contribution in [0.4, 0.5) is 4.39 Å². The largest absolute Gasteiger partial charge is 0.497 e. The highest BCUT2D eigenvalue weighted by atomic mass is 32.2. The lowest BCUT2D eigenvalue weighted by molar-refractivity contribution is -0.114. The van der Waals surface area contributed by atoms with E-state index in [9.17, 15) is 9.18 Å². The summed E-state index contributed by atoms with van der Waals surface area (Å²) in [6.45, 7) is 3.95. The smallest absolute Gasteiger partial charge is 0.283 e. The van der Waals surface area contributed by atoms with Crippen LogP contribution in [0.3, 0.4) is 0 Å². The topological polar surface area (TPSA) is 83.0 Å². The minimum Gasteiger partial charge on any atom is -0.497 e. The van der Waals surface area contributed by atoms with Gasteiger partial charge in [0.1, 0.15) is 16.6 Å². The molecular formula is C25H20FN5O2S. The summed E-state index contributed by atoms with van der Waals surface area (Å²) in [5, 5.41) is 15.3. The fourth-order valence-electron chi connectivity index (χ4n) is 3.92. The third-order valence-electron chi connectivity index (χ3n) is 5.65. The molecule has 0 aliphatic carbocycles. The first kappa shape index (κ1) is 21.8. The number of halogens is 1. The standard InChI is InChI=1S/C25H20FN5O2S/c1-14-12-17(15(2)30(14)19-8-10-20(33-3)11-9-19)13-21-22(27)31-25(28-23(21)32)34-24(29-31)16-4-6-18(26)7-5-16/h4-13,27H,1-3H3. The molecule has 0 fully saturated rings. The van der Waals surface area contributed by atoms with E-state index in [1.165, 1.54) is 28.9 Å². The molecule has 0 unspecified atom stereocenters. The minimum absolute atomic E-state index is 0.0473. The number of ether oxygens (including phenoxy) is 1. The second-order valence-corrected chi connectivity index (χ2v) is 8.75. The molecule has 0 saturated heterocycles. The van der Waals surface area contributed by atoms with Crippen LogP contribution in [0, 0.1) is 25.1 Å². The Hall–Kier alpha value is -3.98. The van der Waals surface area contributed by atoms with Crippen LogP contribution in [0.2, 0.25) is 0 Å². The molecule has 3 heterocycles. The molecule has 9 heteroatoms. The third kappa shape index (κ3) is 3.73. The lowest BCUT2D eigenvalue weighted by atomic mass is 10.1. The van der Waals surface area contributed by atoms with E-state index >= 15 is 0 Å². The van der Waals surface area contributed by atoms with Crippen molar-refractivity contribution >= 4 is 39.8 Å². The average Bonchev–Trinajstić information content (AvgIpc) is 3.37. The summed E-state index contributed by atoms with van der Waals surface area (Å²) in [6, 6.07) is 15.6. The van der Waals surface area contributed by atoms with Gasteiger partial charge in [0.25, 0.3) is 5.91 Å². The molecule has 1 aromatic heterocycles. The summed E-state index contributed by atoms with van der Waals surface area (Å²) >= 11 is 1.18. The molecule has 7 nitrogen and oxygen atoms in total. The van der Waals surface area contributed by atoms with Crippen molar-refractivity contribution in [1.82, 2.24) is 9.58 Å². The Labute approximate surface area is 199 Å². The van der Waals surface area contributed by atoms with Gasteiger partial charge in [0.2, 0.25) is 5.17 Å². The van der Waals surface area contributed by atoms with Gasteiger partial charge in [-0.05, 0) is 91.8 Å². The number of thioether (sulfide) groups is 1. The maximum atomic E-state index is 13.3. The molecule has 0 radical (unpaired) electrons. The molecule has 1 N–H and O–H groups in total. The predicted molar refractivity (Wildman–Crippen MR) is 132 cm³/mol. The predicted octanol–water partition coefficient (Wildman–Crippen LogP) is 4.91. The van der Waals surface area contributed by atoms with Crippen LogP contribution < -0.4 is 4.74 Å². The van der Waals surface area contributed by atoms with Crippen molar-refractivity contribution in [3.8, 4) is 11.4 Å². The van der Waals surface area contributed by atoms with Gasteiger partial charge in [0.05, 0.1) is 12.7 Å². The van der Waals surface area contributed by atoms with Crippen LogP contribution in [0.25, 0.3) is 11.8 Å². The number of carbonyl (C=O) groups is 1. The second kappa shape index (κ2) is 8.42. The highest BCUT2D eigenvalue weighted by Gasteiger charge is 2.36. The Bertz CT molecular complexity index is 1420. The number of hydrogen-bond acceptors (Lipinski definition) is 5. The number of amidine groups is 2. The molecule has 34 heavy (non-hydrogen) atoms. The quantitative estimate of drug-likeness (QED) is 0.546. The van der Waals surface area contributed by atoms with E-state index in [1.54, 1.807) is 25.3 Å². The van der Waals surface area contributed by atoms with E-state index in [2.05, 4.69) is 14.7 Å². The van der Waals surface area contributed by atoms with Gasteiger partial charge >= 0.3 is 0 Å². The summed E-state index contributed by atoms with van der Waals surface area (Å²) in [6.07, 6.45) is 1.68. The average molecular weight is 474 g/mol. The highest BCUT2D eigenvalue weighted by molar-refractivity contribution is 8.27. The molecule has 0 bridgehead atoms. The van der Waals surface area contributed by atoms with Crippen molar-refractivity contribution in [3.63, 3.8) is 0 Å². The van der Waals surface area contributed by atoms with Crippen molar-refractivity contribution in [2.24, 2.45) is 10.1 Å². The molecule has 5 rings (SSSR count). The van der Waals surface area contributed by atoms with E-state index in [1.807, 2.05) is 44.2 Å². The number of aromatic nitrogens is 1. The van der Waals surface area contributed by atoms with Crippen LogP contribution in [0.5, 0.6) is 5.75 Å². The van der Waals surface area contributed by atoms with Crippen LogP contribution in [0.1, 0.15) is 22.5 Å². The SMILES string of the molecule is COc1ccc(-n2c(C)cc(C=C3C(=N)N4N=C(c5ccc(F)cc5)SC4=NC3=O)c2C)cc1. The number of methoxy groups -OCH3 is 1. The number of aryl methyl sites for hydroxylation is 1. The number of benzene rings is 2. The summed E-state index contributed by atoms with van der Waals surface area (Å²) in [5.74, 6) is -0.113. The molecule has 0 atom stereocenters. The summed E-state index contributed by atoms with van der Waals surface area (Å²) in [7, 11) is 1.63. The zero-order valence-electron chi connectivity index (χ0n) is 18.7. The maximum Gasteiger partial charge on any atom is 0.283 e. The zero-order chi connectivity index (χ0) is 24.0. The number of hydrazone groups is 1. The van der Waals surface area contributed by atoms with E-state index in [0.717, 1.165) is 28.4 Å². The van der Waals surface area contributed by atoms with Crippen molar-refractivity contribution in [2.75, 3.05) is 7.11 Å². The Morgan fingerprint density at radius 1 is 1.09 bits per heavy atom. The van der Waals surface area contributed by atoms with Crippen LogP contribution in [-0.4, -0.2) is 38.6 Å². The number of amides is 1. The third-order valence-corrected chi connectivity index (χ3v) is 6.60. The number of hydrogen-bond donors (Lipinski definition) is 1. The molecule has 1 amide bonds. The summed E-state index contributed by atoms with van der Waals surface area (Å²) in [4.78, 5) is 17.0. The van der Waals surface area contributed by atoms with E-state index in [0.29, 0.717) is 15.8 Å². The van der Waals surface area contributed by atoms with E-state index in [-0.39, 0.29) is 17.2 Å². The molecule has 2 aliphatic rings. The van der Waals surface area contributed by atoms with Gasteiger partial charge in [0.15, 0.2) is 5.84 Å². The normalized spacial score (nSPS) is 16.6. The molecule has 170 valence electrons. The first-order valence-electron chi connectivity index (χ1n) is 10.5. The van der Waals surface area contributed by atoms with Gasteiger partial charge < -0.3 is 9.30 Å². The number of aliphatic imine (C=N–C) groups is 1. The van der Waals surface area contributed by atoms with Gasteiger partial charge in [0, 0.05) is 22.6 Å². The fraction of sp³-hybridized carbons (Fsp3) is 0.120. The zero-order valence-corrected chi connectivity index (χ0v) is 19.5. The van der Waals surface area contributed by atoms with Gasteiger partial charge in [-0.25, -0.2) is 4.39 Å². The summed E-state index contributed by atoms with van der Waals surface area (Å²) < 4.78 is 20.6. The first-order chi connectivity index (χ1) is 16.4. The Balaban J connectivity index is 1.49. The minimum atomic E-state index is -0.492. The van der Waals surface area contributed by atoms with Crippen LogP contribution in [-0.2, 0) is 4.79 Å². The Kier molecular flexibility index (Phi) is 5.41. The van der Waals surface area contributed by atoms with Gasteiger partial charge in [-0.1, -0.05) is 0 Å². The van der Waals surface area contributed by atoms with Crippen LogP contribution in [0.15, 0.2) is 70.3 Å². The van der Waals surface area contributed by atoms with Gasteiger partial charge in [-0.3, -0.25) is 10.2 Å². The number of nitrogens with one attached hydrogen (secondary N) is 1. The fourth-order valence-corrected chi connectivity index (χ4v) is 4.82. The number of carbonyl (C=O) groups excluding carboxylic acids is 1. The van der Waals surface area contributed by atoms with Gasteiger partial charge in [-0.2, -0.15) is 15.1 Å². The van der Waals surface area contributed by atoms with Crippen LogP contribution >= 0.6 is 11.8 Å².